The van der Waals surface area contributed by atoms with E-state index in [2.05, 4.69) is 15.5 Å². The Balaban J connectivity index is 1.65. The Morgan fingerprint density at radius 3 is 2.67 bits per heavy atom. The molecule has 0 unspecified atom stereocenters. The SMILES string of the molecule is CC(=O)c1cccc(NC(=O)CSc2nnc(-c3ccccc3N)n2C)c1. The van der Waals surface area contributed by atoms with Gasteiger partial charge in [-0.25, -0.2) is 0 Å². The fraction of sp³-hybridized carbons (Fsp3) is 0.158. The molecule has 0 saturated carbocycles. The van der Waals surface area contributed by atoms with Crippen molar-refractivity contribution in [1.29, 1.82) is 0 Å². The largest absolute Gasteiger partial charge is 0.398 e. The van der Waals surface area contributed by atoms with Gasteiger partial charge in [0.25, 0.3) is 0 Å². The molecule has 2 aromatic carbocycles. The lowest BCUT2D eigenvalue weighted by Gasteiger charge is -2.07. The maximum atomic E-state index is 12.2. The molecule has 27 heavy (non-hydrogen) atoms. The Morgan fingerprint density at radius 1 is 1.15 bits per heavy atom. The van der Waals surface area contributed by atoms with Crippen LogP contribution < -0.4 is 11.1 Å². The fourth-order valence-corrected chi connectivity index (χ4v) is 3.23. The number of aromatic nitrogens is 3. The summed E-state index contributed by atoms with van der Waals surface area (Å²) in [7, 11) is 1.83. The number of nitrogens with one attached hydrogen (secondary N) is 1. The predicted molar refractivity (Wildman–Crippen MR) is 107 cm³/mol. The van der Waals surface area contributed by atoms with E-state index in [1.54, 1.807) is 34.9 Å². The molecule has 138 valence electrons. The number of ketones is 1. The molecule has 0 saturated heterocycles. The average molecular weight is 381 g/mol. The molecule has 1 heterocycles. The van der Waals surface area contributed by atoms with E-state index in [-0.39, 0.29) is 17.4 Å². The van der Waals surface area contributed by atoms with Gasteiger partial charge >= 0.3 is 0 Å². The monoisotopic (exact) mass is 381 g/mol. The molecule has 0 radical (unpaired) electrons. The summed E-state index contributed by atoms with van der Waals surface area (Å²) in [6.45, 7) is 1.49. The van der Waals surface area contributed by atoms with Crippen LogP contribution in [-0.4, -0.2) is 32.2 Å². The molecular formula is C19H19N5O2S. The van der Waals surface area contributed by atoms with Crippen molar-refractivity contribution in [2.75, 3.05) is 16.8 Å². The number of Topliss-reactive ketones (excluding diaryl/α,β-unsaturated/α-hetero) is 1. The highest BCUT2D eigenvalue weighted by atomic mass is 32.2. The molecule has 0 aliphatic heterocycles. The molecule has 3 rings (SSSR count). The Morgan fingerprint density at radius 2 is 1.93 bits per heavy atom. The summed E-state index contributed by atoms with van der Waals surface area (Å²) in [4.78, 5) is 23.6. The summed E-state index contributed by atoms with van der Waals surface area (Å²) in [6.07, 6.45) is 0. The van der Waals surface area contributed by atoms with Gasteiger partial charge in [-0.3, -0.25) is 9.59 Å². The molecule has 7 nitrogen and oxygen atoms in total. The van der Waals surface area contributed by atoms with Crippen LogP contribution in [0.3, 0.4) is 0 Å². The Hall–Kier alpha value is -3.13. The second kappa shape index (κ2) is 8.05. The molecule has 0 bridgehead atoms. The first-order valence-corrected chi connectivity index (χ1v) is 9.22. The number of carbonyl (C=O) groups is 2. The molecule has 3 aromatic rings. The summed E-state index contributed by atoms with van der Waals surface area (Å²) in [5.41, 5.74) is 8.55. The minimum atomic E-state index is -0.190. The number of anilines is 2. The quantitative estimate of drug-likeness (QED) is 0.386. The van der Waals surface area contributed by atoms with Gasteiger partial charge in [-0.1, -0.05) is 36.0 Å². The number of rotatable bonds is 6. The van der Waals surface area contributed by atoms with Crippen LogP contribution in [0.15, 0.2) is 53.7 Å². The summed E-state index contributed by atoms with van der Waals surface area (Å²) >= 11 is 1.28. The third-order valence-electron chi connectivity index (χ3n) is 3.92. The fourth-order valence-electron chi connectivity index (χ4n) is 2.52. The Bertz CT molecular complexity index is 999. The molecule has 1 aromatic heterocycles. The molecule has 0 atom stereocenters. The van der Waals surface area contributed by atoms with Crippen molar-refractivity contribution in [2.24, 2.45) is 7.05 Å². The normalized spacial score (nSPS) is 10.6. The van der Waals surface area contributed by atoms with Crippen molar-refractivity contribution >= 4 is 34.8 Å². The van der Waals surface area contributed by atoms with E-state index >= 15 is 0 Å². The maximum absolute atomic E-state index is 12.2. The van der Waals surface area contributed by atoms with Crippen LogP contribution in [0.4, 0.5) is 11.4 Å². The highest BCUT2D eigenvalue weighted by Gasteiger charge is 2.14. The predicted octanol–water partition coefficient (Wildman–Crippen LogP) is 3.00. The number of benzene rings is 2. The summed E-state index contributed by atoms with van der Waals surface area (Å²) in [6, 6.07) is 14.3. The number of carbonyl (C=O) groups excluding carboxylic acids is 2. The van der Waals surface area contributed by atoms with Crippen LogP contribution in [0.1, 0.15) is 17.3 Å². The first-order valence-electron chi connectivity index (χ1n) is 8.23. The number of thioether (sulfide) groups is 1. The van der Waals surface area contributed by atoms with E-state index in [0.29, 0.717) is 27.9 Å². The standard InChI is InChI=1S/C19H19N5O2S/c1-12(25)13-6-5-7-14(10-13)21-17(26)11-27-19-23-22-18(24(19)2)15-8-3-4-9-16(15)20/h3-10H,11,20H2,1-2H3,(H,21,26). The number of para-hydroxylation sites is 1. The van der Waals surface area contributed by atoms with Crippen molar-refractivity contribution in [1.82, 2.24) is 14.8 Å². The Kier molecular flexibility index (Phi) is 5.56. The first kappa shape index (κ1) is 18.7. The molecule has 0 aliphatic carbocycles. The van der Waals surface area contributed by atoms with Crippen LogP contribution in [0.5, 0.6) is 0 Å². The molecule has 1 amide bonds. The molecule has 0 fully saturated rings. The lowest BCUT2D eigenvalue weighted by molar-refractivity contribution is -0.113. The first-order chi connectivity index (χ1) is 13.0. The maximum Gasteiger partial charge on any atom is 0.234 e. The molecular weight excluding hydrogens is 362 g/mol. The van der Waals surface area contributed by atoms with E-state index in [9.17, 15) is 9.59 Å². The number of hydrogen-bond acceptors (Lipinski definition) is 6. The third kappa shape index (κ3) is 4.35. The number of nitrogens with two attached hydrogens (primary N) is 1. The van der Waals surface area contributed by atoms with E-state index in [1.165, 1.54) is 18.7 Å². The average Bonchev–Trinajstić information content (AvgIpc) is 3.01. The highest BCUT2D eigenvalue weighted by Crippen LogP contribution is 2.26. The van der Waals surface area contributed by atoms with Crippen molar-refractivity contribution in [3.05, 3.63) is 54.1 Å². The van der Waals surface area contributed by atoms with Gasteiger partial charge in [0, 0.05) is 29.5 Å². The summed E-state index contributed by atoms with van der Waals surface area (Å²) in [5, 5.41) is 11.7. The smallest absolute Gasteiger partial charge is 0.234 e. The molecule has 8 heteroatoms. The lowest BCUT2D eigenvalue weighted by atomic mass is 10.1. The zero-order valence-corrected chi connectivity index (χ0v) is 15.8. The van der Waals surface area contributed by atoms with Crippen molar-refractivity contribution < 1.29 is 9.59 Å². The van der Waals surface area contributed by atoms with E-state index in [0.717, 1.165) is 5.56 Å². The van der Waals surface area contributed by atoms with Gasteiger partial charge in [-0.15, -0.1) is 10.2 Å². The van der Waals surface area contributed by atoms with Gasteiger partial charge in [0.15, 0.2) is 16.8 Å². The molecule has 0 aliphatic rings. The Labute approximate surface area is 161 Å². The summed E-state index contributed by atoms with van der Waals surface area (Å²) in [5.74, 6) is 0.572. The third-order valence-corrected chi connectivity index (χ3v) is 4.94. The number of amides is 1. The van der Waals surface area contributed by atoms with E-state index < -0.39 is 0 Å². The second-order valence-corrected chi connectivity index (χ2v) is 6.87. The van der Waals surface area contributed by atoms with Crippen molar-refractivity contribution in [3.63, 3.8) is 0 Å². The van der Waals surface area contributed by atoms with Crippen molar-refractivity contribution in [3.8, 4) is 11.4 Å². The van der Waals surface area contributed by atoms with Gasteiger partial charge in [0.05, 0.1) is 5.75 Å². The van der Waals surface area contributed by atoms with E-state index in [1.807, 2.05) is 25.2 Å². The van der Waals surface area contributed by atoms with Crippen LogP contribution >= 0.6 is 11.8 Å². The highest BCUT2D eigenvalue weighted by molar-refractivity contribution is 7.99. The molecule has 3 N–H and O–H groups in total. The topological polar surface area (TPSA) is 103 Å². The van der Waals surface area contributed by atoms with Crippen molar-refractivity contribution in [2.45, 2.75) is 12.1 Å². The van der Waals surface area contributed by atoms with Crippen LogP contribution in [0, 0.1) is 0 Å². The number of nitrogens with zero attached hydrogens (tertiary/aromatic N) is 3. The zero-order valence-electron chi connectivity index (χ0n) is 15.0. The van der Waals surface area contributed by atoms with E-state index in [4.69, 9.17) is 5.73 Å². The summed E-state index contributed by atoms with van der Waals surface area (Å²) < 4.78 is 1.81. The number of nitrogen functional groups attached to an aromatic ring is 1. The minimum absolute atomic E-state index is 0.0488. The minimum Gasteiger partial charge on any atom is -0.398 e. The number of hydrogen-bond donors (Lipinski definition) is 2. The second-order valence-electron chi connectivity index (χ2n) is 5.93. The molecule has 0 spiro atoms. The van der Waals surface area contributed by atoms with Gasteiger partial charge in [-0.05, 0) is 31.2 Å². The lowest BCUT2D eigenvalue weighted by Crippen LogP contribution is -2.14. The van der Waals surface area contributed by atoms with Crippen LogP contribution in [-0.2, 0) is 11.8 Å². The van der Waals surface area contributed by atoms with Crippen LogP contribution in [0.2, 0.25) is 0 Å². The van der Waals surface area contributed by atoms with Crippen LogP contribution in [0.25, 0.3) is 11.4 Å². The van der Waals surface area contributed by atoms with Gasteiger partial charge in [-0.2, -0.15) is 0 Å². The van der Waals surface area contributed by atoms with Gasteiger partial charge in [0.2, 0.25) is 5.91 Å². The zero-order chi connectivity index (χ0) is 19.4. The van der Waals surface area contributed by atoms with Gasteiger partial charge < -0.3 is 15.6 Å². The van der Waals surface area contributed by atoms with Gasteiger partial charge in [0.1, 0.15) is 0 Å².